The van der Waals surface area contributed by atoms with Crippen LogP contribution in [0.25, 0.3) is 5.69 Å². The molecule has 1 aromatic heterocycles. The SMILES string of the molecule is Cc1nn(-c2ccccc2)c(C)c1NC(=O)N1C[C@H](C)OC[C@H]1C. The number of urea groups is 1. The topological polar surface area (TPSA) is 59.4 Å². The van der Waals surface area contributed by atoms with Gasteiger partial charge in [0.1, 0.15) is 0 Å². The summed E-state index contributed by atoms with van der Waals surface area (Å²) in [5.41, 5.74) is 3.47. The predicted molar refractivity (Wildman–Crippen MR) is 93.6 cm³/mol. The lowest BCUT2D eigenvalue weighted by Gasteiger charge is -2.36. The smallest absolute Gasteiger partial charge is 0.322 e. The average Bonchev–Trinajstić information content (AvgIpc) is 2.86. The molecule has 1 N–H and O–H groups in total. The van der Waals surface area contributed by atoms with Crippen LogP contribution < -0.4 is 5.32 Å². The van der Waals surface area contributed by atoms with E-state index in [0.29, 0.717) is 13.2 Å². The Morgan fingerprint density at radius 2 is 1.96 bits per heavy atom. The number of rotatable bonds is 2. The molecule has 1 fully saturated rings. The molecule has 0 bridgehead atoms. The molecular weight excluding hydrogens is 304 g/mol. The van der Waals surface area contributed by atoms with E-state index >= 15 is 0 Å². The maximum absolute atomic E-state index is 12.7. The van der Waals surface area contributed by atoms with E-state index < -0.39 is 0 Å². The van der Waals surface area contributed by atoms with Gasteiger partial charge in [-0.25, -0.2) is 9.48 Å². The van der Waals surface area contributed by atoms with Crippen molar-refractivity contribution < 1.29 is 9.53 Å². The fraction of sp³-hybridized carbons (Fsp3) is 0.444. The van der Waals surface area contributed by atoms with Crippen LogP contribution in [-0.4, -0.2) is 46.0 Å². The number of hydrogen-bond acceptors (Lipinski definition) is 3. The summed E-state index contributed by atoms with van der Waals surface area (Å²) in [6, 6.07) is 9.87. The van der Waals surface area contributed by atoms with Gasteiger partial charge >= 0.3 is 6.03 Å². The number of aryl methyl sites for hydroxylation is 1. The first-order valence-corrected chi connectivity index (χ1v) is 8.28. The van der Waals surface area contributed by atoms with Gasteiger partial charge in [0.15, 0.2) is 0 Å². The van der Waals surface area contributed by atoms with Gasteiger partial charge in [-0.2, -0.15) is 5.10 Å². The van der Waals surface area contributed by atoms with E-state index in [9.17, 15) is 4.79 Å². The molecule has 6 heteroatoms. The zero-order valence-corrected chi connectivity index (χ0v) is 14.6. The quantitative estimate of drug-likeness (QED) is 0.921. The Kier molecular flexibility index (Phi) is 4.57. The van der Waals surface area contributed by atoms with E-state index in [0.717, 1.165) is 22.8 Å². The van der Waals surface area contributed by atoms with Crippen molar-refractivity contribution in [3.05, 3.63) is 41.7 Å². The maximum Gasteiger partial charge on any atom is 0.322 e. The van der Waals surface area contributed by atoms with Gasteiger partial charge in [-0.1, -0.05) is 18.2 Å². The first kappa shape index (κ1) is 16.5. The Bertz CT molecular complexity index is 726. The fourth-order valence-corrected chi connectivity index (χ4v) is 3.01. The number of carbonyl (C=O) groups excluding carboxylic acids is 1. The highest BCUT2D eigenvalue weighted by Crippen LogP contribution is 2.24. The van der Waals surface area contributed by atoms with Crippen LogP contribution in [0.4, 0.5) is 10.5 Å². The summed E-state index contributed by atoms with van der Waals surface area (Å²) >= 11 is 0. The Morgan fingerprint density at radius 1 is 1.25 bits per heavy atom. The monoisotopic (exact) mass is 328 g/mol. The lowest BCUT2D eigenvalue weighted by molar-refractivity contribution is -0.0296. The molecular formula is C18H24N4O2. The summed E-state index contributed by atoms with van der Waals surface area (Å²) < 4.78 is 7.45. The summed E-state index contributed by atoms with van der Waals surface area (Å²) in [6.07, 6.45) is 0.0567. The molecule has 128 valence electrons. The second-order valence-electron chi connectivity index (χ2n) is 6.37. The number of carbonyl (C=O) groups is 1. The van der Waals surface area contributed by atoms with Crippen molar-refractivity contribution in [1.29, 1.82) is 0 Å². The van der Waals surface area contributed by atoms with Gasteiger partial charge in [0.25, 0.3) is 0 Å². The molecule has 1 aliphatic rings. The molecule has 2 atom stereocenters. The number of hydrogen-bond donors (Lipinski definition) is 1. The van der Waals surface area contributed by atoms with E-state index in [1.165, 1.54) is 0 Å². The molecule has 0 aliphatic carbocycles. The van der Waals surface area contributed by atoms with Crippen LogP contribution in [0.2, 0.25) is 0 Å². The van der Waals surface area contributed by atoms with E-state index in [1.54, 1.807) is 0 Å². The van der Waals surface area contributed by atoms with Crippen LogP contribution in [0.3, 0.4) is 0 Å². The van der Waals surface area contributed by atoms with Crippen LogP contribution >= 0.6 is 0 Å². The van der Waals surface area contributed by atoms with Crippen molar-refractivity contribution in [3.8, 4) is 5.69 Å². The third-order valence-corrected chi connectivity index (χ3v) is 4.39. The van der Waals surface area contributed by atoms with E-state index in [2.05, 4.69) is 10.4 Å². The highest BCUT2D eigenvalue weighted by molar-refractivity contribution is 5.91. The van der Waals surface area contributed by atoms with Gasteiger partial charge in [-0.05, 0) is 39.8 Å². The van der Waals surface area contributed by atoms with Crippen molar-refractivity contribution in [2.45, 2.75) is 39.8 Å². The summed E-state index contributed by atoms with van der Waals surface area (Å²) in [5, 5.41) is 7.61. The summed E-state index contributed by atoms with van der Waals surface area (Å²) in [7, 11) is 0. The number of amides is 2. The Balaban J connectivity index is 1.83. The fourth-order valence-electron chi connectivity index (χ4n) is 3.01. The molecule has 0 unspecified atom stereocenters. The van der Waals surface area contributed by atoms with Crippen LogP contribution in [0, 0.1) is 13.8 Å². The zero-order chi connectivity index (χ0) is 17.3. The lowest BCUT2D eigenvalue weighted by Crippen LogP contribution is -2.51. The standard InChI is InChI=1S/C18H24N4O2/c1-12-11-24-13(2)10-21(12)18(23)19-17-14(3)20-22(15(17)4)16-8-6-5-7-9-16/h5-9,12-13H,10-11H2,1-4H3,(H,19,23)/t12-,13+/m1/s1. The summed E-state index contributed by atoms with van der Waals surface area (Å²) in [4.78, 5) is 14.5. The van der Waals surface area contributed by atoms with Gasteiger partial charge in [0.2, 0.25) is 0 Å². The largest absolute Gasteiger partial charge is 0.375 e. The number of nitrogens with zero attached hydrogens (tertiary/aromatic N) is 3. The first-order valence-electron chi connectivity index (χ1n) is 8.28. The third kappa shape index (κ3) is 3.14. The number of aromatic nitrogens is 2. The third-order valence-electron chi connectivity index (χ3n) is 4.39. The maximum atomic E-state index is 12.7. The van der Waals surface area contributed by atoms with Gasteiger partial charge in [-0.3, -0.25) is 0 Å². The van der Waals surface area contributed by atoms with Crippen molar-refractivity contribution in [3.63, 3.8) is 0 Å². The molecule has 1 saturated heterocycles. The highest BCUT2D eigenvalue weighted by Gasteiger charge is 2.28. The molecule has 2 heterocycles. The number of anilines is 1. The Labute approximate surface area is 142 Å². The van der Waals surface area contributed by atoms with Crippen LogP contribution in [0.15, 0.2) is 30.3 Å². The second kappa shape index (κ2) is 6.65. The Morgan fingerprint density at radius 3 is 2.67 bits per heavy atom. The molecule has 6 nitrogen and oxygen atoms in total. The van der Waals surface area contributed by atoms with Gasteiger partial charge in [0, 0.05) is 6.54 Å². The minimum atomic E-state index is -0.100. The summed E-state index contributed by atoms with van der Waals surface area (Å²) in [6.45, 7) is 9.02. The van der Waals surface area contributed by atoms with Crippen LogP contribution in [-0.2, 0) is 4.74 Å². The first-order chi connectivity index (χ1) is 11.5. The number of benzene rings is 1. The van der Waals surface area contributed by atoms with E-state index in [-0.39, 0.29) is 18.2 Å². The second-order valence-corrected chi connectivity index (χ2v) is 6.37. The number of morpholine rings is 1. The van der Waals surface area contributed by atoms with Crippen LogP contribution in [0.5, 0.6) is 0 Å². The molecule has 3 rings (SSSR count). The highest BCUT2D eigenvalue weighted by atomic mass is 16.5. The van der Waals surface area contributed by atoms with Crippen molar-refractivity contribution in [1.82, 2.24) is 14.7 Å². The molecule has 0 saturated carbocycles. The van der Waals surface area contributed by atoms with E-state index in [1.807, 2.05) is 67.6 Å². The number of ether oxygens (including phenoxy) is 1. The molecule has 1 aromatic carbocycles. The minimum Gasteiger partial charge on any atom is -0.375 e. The number of nitrogens with one attached hydrogen (secondary N) is 1. The molecule has 1 aliphatic heterocycles. The lowest BCUT2D eigenvalue weighted by atomic mass is 10.2. The molecule has 0 spiro atoms. The van der Waals surface area contributed by atoms with Crippen molar-refractivity contribution in [2.75, 3.05) is 18.5 Å². The van der Waals surface area contributed by atoms with Crippen LogP contribution in [0.1, 0.15) is 25.2 Å². The van der Waals surface area contributed by atoms with Gasteiger partial charge < -0.3 is 15.0 Å². The van der Waals surface area contributed by atoms with Crippen molar-refractivity contribution in [2.24, 2.45) is 0 Å². The number of para-hydroxylation sites is 1. The minimum absolute atomic E-state index is 0.0567. The average molecular weight is 328 g/mol. The van der Waals surface area contributed by atoms with Crippen molar-refractivity contribution >= 4 is 11.7 Å². The predicted octanol–water partition coefficient (Wildman–Crippen LogP) is 3.13. The zero-order valence-electron chi connectivity index (χ0n) is 14.6. The summed E-state index contributed by atoms with van der Waals surface area (Å²) in [5.74, 6) is 0. The molecule has 2 aromatic rings. The van der Waals surface area contributed by atoms with E-state index in [4.69, 9.17) is 4.74 Å². The molecule has 2 amide bonds. The molecule has 24 heavy (non-hydrogen) atoms. The Hall–Kier alpha value is -2.34. The van der Waals surface area contributed by atoms with Gasteiger partial charge in [0.05, 0.1) is 41.5 Å². The van der Waals surface area contributed by atoms with Gasteiger partial charge in [-0.15, -0.1) is 0 Å². The normalized spacial score (nSPS) is 20.9. The molecule has 0 radical (unpaired) electrons.